The number of rotatable bonds is 1. The van der Waals surface area contributed by atoms with Gasteiger partial charge in [0, 0.05) is 0 Å². The van der Waals surface area contributed by atoms with Gasteiger partial charge in [-0.25, -0.2) is 9.18 Å². The van der Waals surface area contributed by atoms with Crippen molar-refractivity contribution in [3.8, 4) is 0 Å². The van der Waals surface area contributed by atoms with E-state index in [-0.39, 0.29) is 0 Å². The van der Waals surface area contributed by atoms with Crippen LogP contribution in [0, 0.1) is 0 Å². The summed E-state index contributed by atoms with van der Waals surface area (Å²) >= 11 is 10.7. The maximum absolute atomic E-state index is 13.3. The lowest BCUT2D eigenvalue weighted by Crippen LogP contribution is -2.47. The SMILES string of the molecule is O=C(O)C1(Cl)C=CC=CC1(F)Cl. The van der Waals surface area contributed by atoms with E-state index < -0.39 is 16.0 Å². The molecule has 0 fully saturated rings. The molecule has 66 valence electrons. The van der Waals surface area contributed by atoms with Crippen LogP contribution in [0.5, 0.6) is 0 Å². The first-order chi connectivity index (χ1) is 5.40. The fraction of sp³-hybridized carbons (Fsp3) is 0.286. The van der Waals surface area contributed by atoms with Crippen LogP contribution in [0.4, 0.5) is 4.39 Å². The van der Waals surface area contributed by atoms with Gasteiger partial charge in [-0.2, -0.15) is 0 Å². The van der Waals surface area contributed by atoms with Gasteiger partial charge in [-0.15, -0.1) is 0 Å². The fourth-order valence-corrected chi connectivity index (χ4v) is 1.16. The third kappa shape index (κ3) is 1.23. The summed E-state index contributed by atoms with van der Waals surface area (Å²) < 4.78 is 13.3. The lowest BCUT2D eigenvalue weighted by atomic mass is 9.97. The number of hydrogen-bond donors (Lipinski definition) is 1. The molecule has 1 N–H and O–H groups in total. The summed E-state index contributed by atoms with van der Waals surface area (Å²) in [6, 6.07) is 0. The lowest BCUT2D eigenvalue weighted by Gasteiger charge is -2.29. The van der Waals surface area contributed by atoms with Gasteiger partial charge in [0.15, 0.2) is 0 Å². The number of carboxylic acids is 1. The number of alkyl halides is 3. The van der Waals surface area contributed by atoms with Gasteiger partial charge < -0.3 is 5.11 Å². The molecule has 0 heterocycles. The van der Waals surface area contributed by atoms with Crippen molar-refractivity contribution in [2.75, 3.05) is 0 Å². The quantitative estimate of drug-likeness (QED) is 0.674. The van der Waals surface area contributed by atoms with Crippen LogP contribution < -0.4 is 0 Å². The van der Waals surface area contributed by atoms with E-state index in [1.54, 1.807) is 0 Å². The van der Waals surface area contributed by atoms with Crippen LogP contribution in [0.3, 0.4) is 0 Å². The molecule has 0 amide bonds. The van der Waals surface area contributed by atoms with Crippen LogP contribution in [-0.2, 0) is 4.79 Å². The molecule has 1 rings (SSSR count). The highest BCUT2D eigenvalue weighted by atomic mass is 35.5. The van der Waals surface area contributed by atoms with Crippen LogP contribution in [0.25, 0.3) is 0 Å². The summed E-state index contributed by atoms with van der Waals surface area (Å²) in [6.07, 6.45) is 4.54. The second kappa shape index (κ2) is 2.75. The summed E-state index contributed by atoms with van der Waals surface area (Å²) in [5, 5.41) is 6.02. The number of halogens is 3. The number of carboxylic acid groups (broad SMARTS) is 1. The summed E-state index contributed by atoms with van der Waals surface area (Å²) in [5.74, 6) is -1.51. The highest BCUT2D eigenvalue weighted by Gasteiger charge is 2.54. The van der Waals surface area contributed by atoms with Gasteiger partial charge in [0.1, 0.15) is 0 Å². The Bertz CT molecular complexity index is 273. The zero-order valence-electron chi connectivity index (χ0n) is 5.80. The monoisotopic (exact) mass is 210 g/mol. The largest absolute Gasteiger partial charge is 0.480 e. The van der Waals surface area contributed by atoms with Gasteiger partial charge in [-0.05, 0) is 12.2 Å². The normalized spacial score (nSPS) is 39.9. The third-order valence-corrected chi connectivity index (χ3v) is 2.62. The molecule has 0 radical (unpaired) electrons. The average Bonchev–Trinajstić information content (AvgIpc) is 1.95. The van der Waals surface area contributed by atoms with E-state index in [1.807, 2.05) is 0 Å². The minimum Gasteiger partial charge on any atom is -0.480 e. The number of carbonyl (C=O) groups is 1. The van der Waals surface area contributed by atoms with E-state index >= 15 is 0 Å². The van der Waals surface area contributed by atoms with E-state index in [2.05, 4.69) is 0 Å². The van der Waals surface area contributed by atoms with E-state index in [1.165, 1.54) is 12.2 Å². The highest BCUT2D eigenvalue weighted by Crippen LogP contribution is 2.41. The molecule has 0 bridgehead atoms. The topological polar surface area (TPSA) is 37.3 Å². The van der Waals surface area contributed by atoms with Gasteiger partial charge in [-0.3, -0.25) is 0 Å². The first-order valence-corrected chi connectivity index (χ1v) is 3.83. The Morgan fingerprint density at radius 1 is 1.33 bits per heavy atom. The van der Waals surface area contributed by atoms with Crippen LogP contribution in [0.2, 0.25) is 0 Å². The lowest BCUT2D eigenvalue weighted by molar-refractivity contribution is -0.140. The summed E-state index contributed by atoms with van der Waals surface area (Å²) in [6.45, 7) is 0. The second-order valence-corrected chi connectivity index (χ2v) is 3.50. The van der Waals surface area contributed by atoms with Crippen LogP contribution >= 0.6 is 23.2 Å². The van der Waals surface area contributed by atoms with Crippen molar-refractivity contribution in [2.45, 2.75) is 10.0 Å². The van der Waals surface area contributed by atoms with Crippen molar-refractivity contribution in [3.63, 3.8) is 0 Å². The molecule has 5 heteroatoms. The highest BCUT2D eigenvalue weighted by molar-refractivity contribution is 6.43. The van der Waals surface area contributed by atoms with E-state index in [9.17, 15) is 9.18 Å². The van der Waals surface area contributed by atoms with Crippen molar-refractivity contribution in [3.05, 3.63) is 24.3 Å². The molecule has 0 aliphatic heterocycles. The van der Waals surface area contributed by atoms with Gasteiger partial charge in [0.05, 0.1) is 0 Å². The minimum absolute atomic E-state index is 0.898. The second-order valence-electron chi connectivity index (χ2n) is 2.36. The zero-order chi connectivity index (χ0) is 9.41. The van der Waals surface area contributed by atoms with Gasteiger partial charge in [0.2, 0.25) is 10.0 Å². The molecule has 2 nitrogen and oxygen atoms in total. The average molecular weight is 211 g/mol. The zero-order valence-corrected chi connectivity index (χ0v) is 7.31. The molecule has 0 aromatic carbocycles. The summed E-state index contributed by atoms with van der Waals surface area (Å²) in [4.78, 5) is 8.35. The molecular formula is C7H5Cl2FO2. The molecule has 0 aromatic rings. The van der Waals surface area contributed by atoms with E-state index in [4.69, 9.17) is 28.3 Å². The van der Waals surface area contributed by atoms with E-state index in [0.29, 0.717) is 0 Å². The number of aliphatic carboxylic acids is 1. The maximum atomic E-state index is 13.3. The predicted molar refractivity (Wildman–Crippen MR) is 44.2 cm³/mol. The third-order valence-electron chi connectivity index (χ3n) is 1.54. The van der Waals surface area contributed by atoms with E-state index in [0.717, 1.165) is 12.2 Å². The molecule has 0 aromatic heterocycles. The van der Waals surface area contributed by atoms with Crippen LogP contribution in [0.15, 0.2) is 24.3 Å². The van der Waals surface area contributed by atoms with Crippen molar-refractivity contribution >= 4 is 29.2 Å². The smallest absolute Gasteiger partial charge is 0.333 e. The molecule has 0 spiro atoms. The Hall–Kier alpha value is -0.540. The number of hydrogen-bond acceptors (Lipinski definition) is 1. The first kappa shape index (κ1) is 9.55. The Labute approximate surface area is 78.3 Å². The molecule has 2 atom stereocenters. The van der Waals surface area contributed by atoms with Gasteiger partial charge >= 0.3 is 5.97 Å². The Morgan fingerprint density at radius 2 is 1.83 bits per heavy atom. The molecule has 0 saturated heterocycles. The van der Waals surface area contributed by atoms with Crippen molar-refractivity contribution in [1.29, 1.82) is 0 Å². The minimum atomic E-state index is -2.57. The predicted octanol–water partition coefficient (Wildman–Crippen LogP) is 2.08. The maximum Gasteiger partial charge on any atom is 0.333 e. The standard InChI is InChI=1S/C7H5Cl2FO2/c8-6(5(11)12)3-1-2-4-7(6,9)10/h1-4H,(H,11,12). The molecule has 1 aliphatic carbocycles. The van der Waals surface area contributed by atoms with Crippen LogP contribution in [-0.4, -0.2) is 21.1 Å². The Morgan fingerprint density at radius 3 is 2.17 bits per heavy atom. The Kier molecular flexibility index (Phi) is 2.19. The summed E-state index contributed by atoms with van der Waals surface area (Å²) in [7, 11) is 0. The van der Waals surface area contributed by atoms with Crippen molar-refractivity contribution < 1.29 is 14.3 Å². The fourth-order valence-electron chi connectivity index (χ4n) is 0.811. The van der Waals surface area contributed by atoms with Crippen molar-refractivity contribution in [2.24, 2.45) is 0 Å². The molecule has 0 saturated carbocycles. The van der Waals surface area contributed by atoms with Crippen LogP contribution in [0.1, 0.15) is 0 Å². The molecule has 2 unspecified atom stereocenters. The molecule has 12 heavy (non-hydrogen) atoms. The van der Waals surface area contributed by atoms with Gasteiger partial charge in [0.25, 0.3) is 0 Å². The van der Waals surface area contributed by atoms with Gasteiger partial charge in [-0.1, -0.05) is 35.4 Å². The summed E-state index contributed by atoms with van der Waals surface area (Å²) in [5.41, 5.74) is 0. The first-order valence-electron chi connectivity index (χ1n) is 3.07. The number of allylic oxidation sites excluding steroid dienone is 3. The molecular weight excluding hydrogens is 206 g/mol. The van der Waals surface area contributed by atoms with Crippen molar-refractivity contribution in [1.82, 2.24) is 0 Å². The Balaban J connectivity index is 3.13. The molecule has 1 aliphatic rings.